The van der Waals surface area contributed by atoms with E-state index in [1.807, 2.05) is 43.3 Å². The Kier molecular flexibility index (Phi) is 7.26. The number of hydrogen-bond donors (Lipinski definition) is 2. The van der Waals surface area contributed by atoms with Gasteiger partial charge >= 0.3 is 0 Å². The zero-order valence-corrected chi connectivity index (χ0v) is 16.8. The van der Waals surface area contributed by atoms with Crippen LogP contribution in [-0.4, -0.2) is 24.6 Å². The minimum Gasteiger partial charge on any atom is -0.490 e. The Balaban J connectivity index is 1.52. The number of hydrogen-bond acceptors (Lipinski definition) is 5. The van der Waals surface area contributed by atoms with E-state index >= 15 is 0 Å². The van der Waals surface area contributed by atoms with Crippen LogP contribution in [0.2, 0.25) is 0 Å². The summed E-state index contributed by atoms with van der Waals surface area (Å²) in [6.45, 7) is 3.89. The van der Waals surface area contributed by atoms with Crippen molar-refractivity contribution >= 4 is 17.3 Å². The summed E-state index contributed by atoms with van der Waals surface area (Å²) in [5.41, 5.74) is 2.27. The van der Waals surface area contributed by atoms with Crippen molar-refractivity contribution in [1.82, 2.24) is 15.6 Å². The molecule has 28 heavy (non-hydrogen) atoms. The number of aromatic nitrogens is 1. The van der Waals surface area contributed by atoms with Gasteiger partial charge in [0.25, 0.3) is 0 Å². The predicted octanol–water partition coefficient (Wildman–Crippen LogP) is 4.20. The van der Waals surface area contributed by atoms with Crippen molar-refractivity contribution in [3.63, 3.8) is 0 Å². The Labute approximate surface area is 169 Å². The Bertz CT molecular complexity index is 880. The van der Waals surface area contributed by atoms with Gasteiger partial charge in [-0.15, -0.1) is 0 Å². The minimum atomic E-state index is 0.524. The van der Waals surface area contributed by atoms with Crippen molar-refractivity contribution in [1.29, 1.82) is 0 Å². The average molecular weight is 397 g/mol. The molecule has 2 N–H and O–H groups in total. The van der Waals surface area contributed by atoms with E-state index in [0.29, 0.717) is 30.5 Å². The van der Waals surface area contributed by atoms with Crippen LogP contribution in [0.5, 0.6) is 17.4 Å². The van der Waals surface area contributed by atoms with Crippen LogP contribution in [0.15, 0.2) is 64.4 Å². The van der Waals surface area contributed by atoms with E-state index in [1.54, 1.807) is 24.6 Å². The molecule has 2 heterocycles. The molecule has 0 saturated heterocycles. The summed E-state index contributed by atoms with van der Waals surface area (Å²) in [4.78, 5) is 8.63. The Morgan fingerprint density at radius 3 is 2.46 bits per heavy atom. The SMILES string of the molecule is CCOc1ccccc1Oc1ccc(CNC(=NC)NCc2ccsc2)cn1. The van der Waals surface area contributed by atoms with Crippen LogP contribution >= 0.6 is 11.3 Å². The fourth-order valence-electron chi connectivity index (χ4n) is 2.48. The molecule has 0 spiro atoms. The second-order valence-electron chi connectivity index (χ2n) is 5.90. The van der Waals surface area contributed by atoms with Gasteiger partial charge in [-0.05, 0) is 47.0 Å². The molecule has 0 aliphatic carbocycles. The normalized spacial score (nSPS) is 11.1. The molecule has 0 amide bonds. The predicted molar refractivity (Wildman–Crippen MR) is 113 cm³/mol. The first kappa shape index (κ1) is 19.7. The number of thiophene rings is 1. The van der Waals surface area contributed by atoms with Crippen LogP contribution in [-0.2, 0) is 13.1 Å². The standard InChI is InChI=1S/C21H24N4O2S/c1-3-26-18-6-4-5-7-19(18)27-20-9-8-16(12-23-20)13-24-21(22-2)25-14-17-10-11-28-15-17/h4-12,15H,3,13-14H2,1-2H3,(H2,22,24,25). The number of ether oxygens (including phenoxy) is 2. The third-order valence-electron chi connectivity index (χ3n) is 3.88. The van der Waals surface area contributed by atoms with E-state index in [9.17, 15) is 0 Å². The third-order valence-corrected chi connectivity index (χ3v) is 4.62. The summed E-state index contributed by atoms with van der Waals surface area (Å²) in [6.07, 6.45) is 1.79. The number of pyridine rings is 1. The Morgan fingerprint density at radius 1 is 1.04 bits per heavy atom. The third kappa shape index (κ3) is 5.72. The van der Waals surface area contributed by atoms with Gasteiger partial charge in [-0.1, -0.05) is 18.2 Å². The summed E-state index contributed by atoms with van der Waals surface area (Å²) in [5, 5.41) is 10.8. The van der Waals surface area contributed by atoms with Crippen molar-refractivity contribution in [2.45, 2.75) is 20.0 Å². The van der Waals surface area contributed by atoms with E-state index in [1.165, 1.54) is 5.56 Å². The zero-order chi connectivity index (χ0) is 19.6. The topological polar surface area (TPSA) is 67.8 Å². The molecule has 1 aromatic carbocycles. The van der Waals surface area contributed by atoms with Crippen LogP contribution in [0.1, 0.15) is 18.1 Å². The van der Waals surface area contributed by atoms with E-state index < -0.39 is 0 Å². The van der Waals surface area contributed by atoms with Crippen molar-refractivity contribution in [3.05, 3.63) is 70.5 Å². The van der Waals surface area contributed by atoms with E-state index in [4.69, 9.17) is 9.47 Å². The molecule has 2 aromatic heterocycles. The molecule has 3 rings (SSSR count). The molecule has 146 valence electrons. The lowest BCUT2D eigenvalue weighted by Crippen LogP contribution is -2.36. The first-order valence-electron chi connectivity index (χ1n) is 9.08. The van der Waals surface area contributed by atoms with Gasteiger partial charge in [0, 0.05) is 32.4 Å². The van der Waals surface area contributed by atoms with E-state index in [2.05, 4.69) is 37.4 Å². The van der Waals surface area contributed by atoms with Crippen LogP contribution < -0.4 is 20.1 Å². The molecular formula is C21H24N4O2S. The molecule has 0 atom stereocenters. The number of guanidine groups is 1. The van der Waals surface area contributed by atoms with Gasteiger partial charge in [0.15, 0.2) is 17.5 Å². The first-order valence-corrected chi connectivity index (χ1v) is 10.0. The molecule has 3 aromatic rings. The zero-order valence-electron chi connectivity index (χ0n) is 16.0. The monoisotopic (exact) mass is 396 g/mol. The molecule has 0 radical (unpaired) electrons. The molecule has 0 fully saturated rings. The molecule has 0 aliphatic heterocycles. The Hall–Kier alpha value is -3.06. The highest BCUT2D eigenvalue weighted by molar-refractivity contribution is 7.07. The minimum absolute atomic E-state index is 0.524. The number of nitrogens with zero attached hydrogens (tertiary/aromatic N) is 2. The maximum atomic E-state index is 5.85. The van der Waals surface area contributed by atoms with Crippen molar-refractivity contribution in [2.24, 2.45) is 4.99 Å². The number of nitrogens with one attached hydrogen (secondary N) is 2. The van der Waals surface area contributed by atoms with E-state index in [-0.39, 0.29) is 0 Å². The van der Waals surface area contributed by atoms with Crippen molar-refractivity contribution < 1.29 is 9.47 Å². The number of rotatable bonds is 8. The van der Waals surface area contributed by atoms with Crippen LogP contribution in [0.3, 0.4) is 0 Å². The lowest BCUT2D eigenvalue weighted by molar-refractivity contribution is 0.319. The maximum Gasteiger partial charge on any atom is 0.219 e. The van der Waals surface area contributed by atoms with Gasteiger partial charge in [0.1, 0.15) is 0 Å². The lowest BCUT2D eigenvalue weighted by Gasteiger charge is -2.12. The van der Waals surface area contributed by atoms with Gasteiger partial charge in [-0.25, -0.2) is 4.98 Å². The second-order valence-corrected chi connectivity index (χ2v) is 6.68. The summed E-state index contributed by atoms with van der Waals surface area (Å²) in [7, 11) is 1.76. The summed E-state index contributed by atoms with van der Waals surface area (Å²) >= 11 is 1.69. The van der Waals surface area contributed by atoms with Gasteiger partial charge in [0.05, 0.1) is 6.61 Å². The van der Waals surface area contributed by atoms with Crippen LogP contribution in [0.25, 0.3) is 0 Å². The molecule has 0 bridgehead atoms. The molecule has 0 unspecified atom stereocenters. The number of aliphatic imine (C=N–C) groups is 1. The molecular weight excluding hydrogens is 372 g/mol. The highest BCUT2D eigenvalue weighted by atomic mass is 32.1. The molecule has 0 aliphatic rings. The van der Waals surface area contributed by atoms with Gasteiger partial charge in [-0.2, -0.15) is 11.3 Å². The van der Waals surface area contributed by atoms with Crippen LogP contribution in [0, 0.1) is 0 Å². The highest BCUT2D eigenvalue weighted by Crippen LogP contribution is 2.30. The fourth-order valence-corrected chi connectivity index (χ4v) is 3.15. The summed E-state index contributed by atoms with van der Waals surface area (Å²) in [5.74, 6) is 2.63. The average Bonchev–Trinajstić information content (AvgIpc) is 3.25. The van der Waals surface area contributed by atoms with Crippen molar-refractivity contribution in [2.75, 3.05) is 13.7 Å². The van der Waals surface area contributed by atoms with E-state index in [0.717, 1.165) is 18.1 Å². The number of para-hydroxylation sites is 2. The summed E-state index contributed by atoms with van der Waals surface area (Å²) < 4.78 is 11.4. The second kappa shape index (κ2) is 10.3. The quantitative estimate of drug-likeness (QED) is 0.441. The van der Waals surface area contributed by atoms with Gasteiger partial charge in [0.2, 0.25) is 5.88 Å². The first-order chi connectivity index (χ1) is 13.8. The Morgan fingerprint density at radius 2 is 1.82 bits per heavy atom. The lowest BCUT2D eigenvalue weighted by atomic mass is 10.3. The molecule has 0 saturated carbocycles. The van der Waals surface area contributed by atoms with Crippen LogP contribution in [0.4, 0.5) is 0 Å². The van der Waals surface area contributed by atoms with Gasteiger partial charge in [-0.3, -0.25) is 4.99 Å². The van der Waals surface area contributed by atoms with Gasteiger partial charge < -0.3 is 20.1 Å². The molecule has 7 heteroatoms. The highest BCUT2D eigenvalue weighted by Gasteiger charge is 2.06. The number of benzene rings is 1. The maximum absolute atomic E-state index is 5.85. The van der Waals surface area contributed by atoms with Crippen molar-refractivity contribution in [3.8, 4) is 17.4 Å². The largest absolute Gasteiger partial charge is 0.490 e. The fraction of sp³-hybridized carbons (Fsp3) is 0.238. The smallest absolute Gasteiger partial charge is 0.219 e. The summed E-state index contributed by atoms with van der Waals surface area (Å²) in [6, 6.07) is 13.5. The molecule has 6 nitrogen and oxygen atoms in total.